The van der Waals surface area contributed by atoms with E-state index in [1.807, 2.05) is 18.4 Å². The van der Waals surface area contributed by atoms with Crippen molar-refractivity contribution in [2.24, 2.45) is 0 Å². The van der Waals surface area contributed by atoms with Crippen LogP contribution >= 0.6 is 0 Å². The highest BCUT2D eigenvalue weighted by molar-refractivity contribution is 5.71. The van der Waals surface area contributed by atoms with Gasteiger partial charge in [-0.05, 0) is 13.8 Å². The Morgan fingerprint density at radius 2 is 1.62 bits per heavy atom. The molecule has 0 saturated heterocycles. The number of alkyl halides is 2. The Hall–Kier alpha value is -1.91. The number of nitrogen functional groups attached to an aromatic ring is 1. The highest BCUT2D eigenvalue weighted by Gasteiger charge is 2.20. The molecule has 114 valence electrons. The average Bonchev–Trinajstić information content (AvgIpc) is 2.76. The van der Waals surface area contributed by atoms with Gasteiger partial charge in [-0.3, -0.25) is 0 Å². The molecule has 0 radical (unpaired) electrons. The Balaban J connectivity index is 2.51. The van der Waals surface area contributed by atoms with Crippen molar-refractivity contribution in [1.29, 1.82) is 0 Å². The maximum Gasteiger partial charge on any atom is 0.263 e. The van der Waals surface area contributed by atoms with E-state index in [2.05, 4.69) is 18.8 Å². The summed E-state index contributed by atoms with van der Waals surface area (Å²) in [4.78, 5) is 4.63. The van der Waals surface area contributed by atoms with Gasteiger partial charge in [0, 0.05) is 23.1 Å². The van der Waals surface area contributed by atoms with Gasteiger partial charge < -0.3 is 10.3 Å². The maximum absolute atomic E-state index is 12.6. The highest BCUT2D eigenvalue weighted by atomic mass is 19.3. The first-order valence-electron chi connectivity index (χ1n) is 7.09. The van der Waals surface area contributed by atoms with Gasteiger partial charge in [0.25, 0.3) is 6.43 Å². The van der Waals surface area contributed by atoms with E-state index in [4.69, 9.17) is 5.73 Å². The van der Waals surface area contributed by atoms with Crippen LogP contribution in [0.15, 0.2) is 24.3 Å². The van der Waals surface area contributed by atoms with E-state index in [1.165, 1.54) is 12.1 Å². The fraction of sp³-hybridized carbons (Fsp3) is 0.438. The topological polar surface area (TPSA) is 43.8 Å². The van der Waals surface area contributed by atoms with E-state index in [0.29, 0.717) is 11.5 Å². The minimum Gasteiger partial charge on any atom is -0.383 e. The molecule has 3 nitrogen and oxygen atoms in total. The molecule has 0 unspecified atom stereocenters. The predicted octanol–water partition coefficient (Wildman–Crippen LogP) is 4.77. The van der Waals surface area contributed by atoms with Crippen molar-refractivity contribution >= 4 is 5.82 Å². The van der Waals surface area contributed by atoms with E-state index < -0.39 is 6.43 Å². The third kappa shape index (κ3) is 2.91. The largest absolute Gasteiger partial charge is 0.383 e. The number of hydrogen-bond donors (Lipinski definition) is 1. The zero-order valence-electron chi connectivity index (χ0n) is 12.8. The fourth-order valence-electron chi connectivity index (χ4n) is 2.41. The van der Waals surface area contributed by atoms with Gasteiger partial charge in [0.1, 0.15) is 17.3 Å². The molecule has 1 aromatic heterocycles. The van der Waals surface area contributed by atoms with Crippen LogP contribution in [0.1, 0.15) is 57.5 Å². The molecule has 2 aromatic rings. The van der Waals surface area contributed by atoms with Gasteiger partial charge >= 0.3 is 0 Å². The number of halogens is 2. The van der Waals surface area contributed by atoms with E-state index in [-0.39, 0.29) is 17.5 Å². The molecule has 0 saturated carbocycles. The second-order valence-electron chi connectivity index (χ2n) is 5.75. The van der Waals surface area contributed by atoms with E-state index >= 15 is 0 Å². The second-order valence-corrected chi connectivity index (χ2v) is 5.75. The van der Waals surface area contributed by atoms with Crippen molar-refractivity contribution in [3.63, 3.8) is 0 Å². The Kier molecular flexibility index (Phi) is 4.30. The Morgan fingerprint density at radius 3 is 2.00 bits per heavy atom. The van der Waals surface area contributed by atoms with Gasteiger partial charge in [0.05, 0.1) is 0 Å². The summed E-state index contributed by atoms with van der Waals surface area (Å²) >= 11 is 0. The average molecular weight is 293 g/mol. The summed E-state index contributed by atoms with van der Waals surface area (Å²) in [6.07, 6.45) is -2.46. The number of anilines is 1. The van der Waals surface area contributed by atoms with Gasteiger partial charge in [-0.25, -0.2) is 13.8 Å². The summed E-state index contributed by atoms with van der Waals surface area (Å²) in [5.74, 6) is 1.73. The lowest BCUT2D eigenvalue weighted by molar-refractivity contribution is 0.151. The molecule has 21 heavy (non-hydrogen) atoms. The molecular formula is C16H21F2N3. The maximum atomic E-state index is 12.6. The first-order valence-corrected chi connectivity index (χ1v) is 7.09. The van der Waals surface area contributed by atoms with Gasteiger partial charge in [-0.15, -0.1) is 0 Å². The minimum absolute atomic E-state index is 0.00435. The Labute approximate surface area is 123 Å². The van der Waals surface area contributed by atoms with Crippen LogP contribution in [0.2, 0.25) is 0 Å². The van der Waals surface area contributed by atoms with Crippen LogP contribution in [0.3, 0.4) is 0 Å². The molecule has 0 aliphatic rings. The molecule has 2 rings (SSSR count). The lowest BCUT2D eigenvalue weighted by Gasteiger charge is -2.15. The molecule has 0 fully saturated rings. The van der Waals surface area contributed by atoms with E-state index in [1.54, 1.807) is 12.1 Å². The molecule has 1 heterocycles. The summed E-state index contributed by atoms with van der Waals surface area (Å²) < 4.78 is 27.2. The first kappa shape index (κ1) is 15.5. The van der Waals surface area contributed by atoms with Crippen molar-refractivity contribution in [2.45, 2.75) is 46.1 Å². The lowest BCUT2D eigenvalue weighted by Crippen LogP contribution is -2.10. The molecule has 5 heteroatoms. The lowest BCUT2D eigenvalue weighted by atomic mass is 10.1. The van der Waals surface area contributed by atoms with Gasteiger partial charge in [-0.1, -0.05) is 38.1 Å². The fourth-order valence-corrected chi connectivity index (χ4v) is 2.41. The first-order chi connectivity index (χ1) is 9.82. The van der Waals surface area contributed by atoms with E-state index in [9.17, 15) is 8.78 Å². The van der Waals surface area contributed by atoms with Gasteiger partial charge in [0.2, 0.25) is 0 Å². The molecule has 0 aliphatic heterocycles. The molecule has 0 spiro atoms. The van der Waals surface area contributed by atoms with Crippen molar-refractivity contribution in [3.05, 3.63) is 35.7 Å². The zero-order valence-corrected chi connectivity index (χ0v) is 12.8. The summed E-state index contributed by atoms with van der Waals surface area (Å²) in [5.41, 5.74) is 7.65. The van der Waals surface area contributed by atoms with Gasteiger partial charge in [0.15, 0.2) is 0 Å². The molecule has 2 N–H and O–H groups in total. The predicted molar refractivity (Wildman–Crippen MR) is 81.5 cm³/mol. The third-order valence-corrected chi connectivity index (χ3v) is 3.44. The van der Waals surface area contributed by atoms with Crippen LogP contribution in [-0.4, -0.2) is 9.55 Å². The smallest absolute Gasteiger partial charge is 0.263 e. The number of nitrogens with zero attached hydrogens (tertiary/aromatic N) is 2. The van der Waals surface area contributed by atoms with Crippen LogP contribution in [0.5, 0.6) is 0 Å². The normalized spacial score (nSPS) is 11.9. The van der Waals surface area contributed by atoms with Crippen LogP contribution in [0.25, 0.3) is 11.3 Å². The molecule has 0 atom stereocenters. The SMILES string of the molecule is CC(C)c1nc(-c2ccc(C(F)F)cc2)c(N)n1C(C)C. The molecule has 0 aliphatic carbocycles. The van der Waals surface area contributed by atoms with Crippen molar-refractivity contribution in [1.82, 2.24) is 9.55 Å². The summed E-state index contributed by atoms with van der Waals surface area (Å²) in [7, 11) is 0. The standard InChI is InChI=1S/C16H21F2N3/c1-9(2)16-20-13(15(19)21(16)10(3)4)11-5-7-12(8-6-11)14(17)18/h5-10,14H,19H2,1-4H3. The van der Waals surface area contributed by atoms with E-state index in [0.717, 1.165) is 11.4 Å². The van der Waals surface area contributed by atoms with Crippen LogP contribution in [-0.2, 0) is 0 Å². The van der Waals surface area contributed by atoms with Crippen LogP contribution in [0, 0.1) is 0 Å². The molecule has 1 aromatic carbocycles. The quantitative estimate of drug-likeness (QED) is 0.882. The van der Waals surface area contributed by atoms with Crippen molar-refractivity contribution in [3.8, 4) is 11.3 Å². The monoisotopic (exact) mass is 293 g/mol. The summed E-state index contributed by atoms with van der Waals surface area (Å²) in [6, 6.07) is 6.33. The number of benzene rings is 1. The highest BCUT2D eigenvalue weighted by Crippen LogP contribution is 2.32. The van der Waals surface area contributed by atoms with Gasteiger partial charge in [-0.2, -0.15) is 0 Å². The number of rotatable bonds is 4. The number of aromatic nitrogens is 2. The number of imidazole rings is 1. The Bertz CT molecular complexity index is 613. The molecule has 0 bridgehead atoms. The third-order valence-electron chi connectivity index (χ3n) is 3.44. The molecular weight excluding hydrogens is 272 g/mol. The van der Waals surface area contributed by atoms with Crippen LogP contribution < -0.4 is 5.73 Å². The summed E-state index contributed by atoms with van der Waals surface area (Å²) in [5, 5.41) is 0. The number of hydrogen-bond acceptors (Lipinski definition) is 2. The minimum atomic E-state index is -2.46. The molecule has 0 amide bonds. The van der Waals surface area contributed by atoms with Crippen molar-refractivity contribution in [2.75, 3.05) is 5.73 Å². The number of nitrogens with two attached hydrogens (primary N) is 1. The van der Waals surface area contributed by atoms with Crippen LogP contribution in [0.4, 0.5) is 14.6 Å². The Morgan fingerprint density at radius 1 is 1.05 bits per heavy atom. The zero-order chi connectivity index (χ0) is 15.7. The second kappa shape index (κ2) is 5.84. The summed E-state index contributed by atoms with van der Waals surface area (Å²) in [6.45, 7) is 8.22. The van der Waals surface area contributed by atoms with Crippen molar-refractivity contribution < 1.29 is 8.78 Å².